The van der Waals surface area contributed by atoms with Crippen LogP contribution in [-0.4, -0.2) is 15.7 Å². The van der Waals surface area contributed by atoms with Crippen LogP contribution in [0.1, 0.15) is 23.5 Å². The lowest BCUT2D eigenvalue weighted by molar-refractivity contribution is -0.116. The van der Waals surface area contributed by atoms with E-state index in [0.29, 0.717) is 11.4 Å². The summed E-state index contributed by atoms with van der Waals surface area (Å²) in [6, 6.07) is 27.7. The van der Waals surface area contributed by atoms with Gasteiger partial charge in [-0.2, -0.15) is 5.10 Å². The number of carbonyl (C=O) groups is 1. The zero-order valence-electron chi connectivity index (χ0n) is 15.5. The molecule has 5 rings (SSSR count). The Bertz CT molecular complexity index is 1190. The first-order valence-electron chi connectivity index (χ1n) is 9.50. The molecule has 0 radical (unpaired) electrons. The van der Waals surface area contributed by atoms with E-state index in [0.717, 1.165) is 33.9 Å². The summed E-state index contributed by atoms with van der Waals surface area (Å²) in [4.78, 5) is 12.6. The van der Waals surface area contributed by atoms with Crippen molar-refractivity contribution in [2.75, 3.05) is 5.32 Å². The van der Waals surface area contributed by atoms with Gasteiger partial charge in [0, 0.05) is 28.5 Å². The first kappa shape index (κ1) is 17.7. The Kier molecular flexibility index (Phi) is 4.41. The number of anilines is 1. The molecule has 1 atom stereocenters. The predicted octanol–water partition coefficient (Wildman–Crippen LogP) is 5.67. The van der Waals surface area contributed by atoms with Gasteiger partial charge >= 0.3 is 0 Å². The summed E-state index contributed by atoms with van der Waals surface area (Å²) in [6.07, 6.45) is 0.355. The summed E-state index contributed by atoms with van der Waals surface area (Å²) in [6.45, 7) is 0. The van der Waals surface area contributed by atoms with E-state index in [9.17, 15) is 4.79 Å². The summed E-state index contributed by atoms with van der Waals surface area (Å²) in [5.41, 5.74) is 4.81. The van der Waals surface area contributed by atoms with Gasteiger partial charge in [-0.25, -0.2) is 4.68 Å². The molecule has 0 spiro atoms. The zero-order valence-corrected chi connectivity index (χ0v) is 16.3. The number of nitrogens with zero attached hydrogens (tertiary/aromatic N) is 2. The molecule has 2 heterocycles. The minimum absolute atomic E-state index is 0.0285. The highest BCUT2D eigenvalue weighted by Gasteiger charge is 2.34. The Morgan fingerprint density at radius 2 is 1.66 bits per heavy atom. The third-order valence-electron chi connectivity index (χ3n) is 5.22. The Labute approximate surface area is 173 Å². The Balaban J connectivity index is 1.78. The number of hydrogen-bond acceptors (Lipinski definition) is 2. The van der Waals surface area contributed by atoms with Crippen LogP contribution in [0, 0.1) is 0 Å². The highest BCUT2D eigenvalue weighted by Crippen LogP contribution is 2.44. The van der Waals surface area contributed by atoms with Crippen molar-refractivity contribution < 1.29 is 4.79 Å². The second-order valence-electron chi connectivity index (χ2n) is 7.08. The van der Waals surface area contributed by atoms with Crippen LogP contribution in [0.2, 0.25) is 5.02 Å². The van der Waals surface area contributed by atoms with Crippen molar-refractivity contribution in [1.82, 2.24) is 9.78 Å². The number of carbonyl (C=O) groups excluding carboxylic acids is 1. The van der Waals surface area contributed by atoms with Crippen molar-refractivity contribution in [3.63, 3.8) is 0 Å². The number of hydrogen-bond donors (Lipinski definition) is 1. The number of benzene rings is 3. The minimum Gasteiger partial charge on any atom is -0.310 e. The predicted molar refractivity (Wildman–Crippen MR) is 116 cm³/mol. The second kappa shape index (κ2) is 7.22. The average Bonchev–Trinajstić information content (AvgIpc) is 3.14. The molecule has 1 N–H and O–H groups in total. The topological polar surface area (TPSA) is 46.9 Å². The van der Waals surface area contributed by atoms with Crippen LogP contribution in [0.3, 0.4) is 0 Å². The van der Waals surface area contributed by atoms with E-state index >= 15 is 0 Å². The van der Waals surface area contributed by atoms with Gasteiger partial charge in [0.2, 0.25) is 5.91 Å². The highest BCUT2D eigenvalue weighted by atomic mass is 35.5. The highest BCUT2D eigenvalue weighted by molar-refractivity contribution is 6.30. The molecule has 1 aliphatic heterocycles. The van der Waals surface area contributed by atoms with Gasteiger partial charge < -0.3 is 5.32 Å². The molecule has 0 saturated carbocycles. The number of aromatic nitrogens is 2. The van der Waals surface area contributed by atoms with Crippen LogP contribution < -0.4 is 5.32 Å². The molecule has 0 bridgehead atoms. The van der Waals surface area contributed by atoms with Crippen LogP contribution in [0.4, 0.5) is 5.82 Å². The lowest BCUT2D eigenvalue weighted by Gasteiger charge is -2.25. The first-order chi connectivity index (χ1) is 14.2. The second-order valence-corrected chi connectivity index (χ2v) is 7.52. The summed E-state index contributed by atoms with van der Waals surface area (Å²) >= 11 is 6.26. The quantitative estimate of drug-likeness (QED) is 0.482. The number of halogens is 1. The van der Waals surface area contributed by atoms with Gasteiger partial charge in [0.15, 0.2) is 0 Å². The standard InChI is InChI=1S/C24H18ClN3O/c25-18-11-7-10-17(14-18)20-15-21(29)26-24-22(20)23(16-8-3-1-4-9-16)27-28(24)19-12-5-2-6-13-19/h1-14,20H,15H2,(H,26,29)/t20-/m1/s1. The molecule has 5 heteroatoms. The van der Waals surface area contributed by atoms with E-state index < -0.39 is 0 Å². The number of nitrogens with one attached hydrogen (secondary N) is 1. The summed E-state index contributed by atoms with van der Waals surface area (Å²) in [5.74, 6) is 0.570. The van der Waals surface area contributed by atoms with Crippen molar-refractivity contribution in [3.05, 3.63) is 101 Å². The molecule has 1 amide bonds. The van der Waals surface area contributed by atoms with E-state index in [1.54, 1.807) is 0 Å². The van der Waals surface area contributed by atoms with Crippen molar-refractivity contribution in [1.29, 1.82) is 0 Å². The molecule has 1 aromatic heterocycles. The van der Waals surface area contributed by atoms with E-state index in [2.05, 4.69) is 5.32 Å². The number of fused-ring (bicyclic) bond motifs is 1. The maximum atomic E-state index is 12.6. The number of rotatable bonds is 3. The number of para-hydroxylation sites is 1. The van der Waals surface area contributed by atoms with Gasteiger partial charge in [0.1, 0.15) is 5.82 Å². The molecule has 1 aliphatic rings. The number of amides is 1. The first-order valence-corrected chi connectivity index (χ1v) is 9.87. The van der Waals surface area contributed by atoms with Crippen LogP contribution in [0.15, 0.2) is 84.9 Å². The third kappa shape index (κ3) is 3.22. The van der Waals surface area contributed by atoms with Gasteiger partial charge in [0.05, 0.1) is 11.4 Å². The average molecular weight is 400 g/mol. The monoisotopic (exact) mass is 399 g/mol. The minimum atomic E-state index is -0.120. The van der Waals surface area contributed by atoms with Gasteiger partial charge in [-0.15, -0.1) is 0 Å². The van der Waals surface area contributed by atoms with Gasteiger partial charge in [0.25, 0.3) is 0 Å². The van der Waals surface area contributed by atoms with Crippen LogP contribution >= 0.6 is 11.6 Å². The largest absolute Gasteiger partial charge is 0.310 e. The van der Waals surface area contributed by atoms with E-state index in [4.69, 9.17) is 16.7 Å². The van der Waals surface area contributed by atoms with Crippen molar-refractivity contribution >= 4 is 23.3 Å². The molecule has 142 valence electrons. The van der Waals surface area contributed by atoms with Crippen LogP contribution in [-0.2, 0) is 4.79 Å². The molecular formula is C24H18ClN3O. The van der Waals surface area contributed by atoms with Crippen LogP contribution in [0.25, 0.3) is 16.9 Å². The maximum Gasteiger partial charge on any atom is 0.226 e. The molecular weight excluding hydrogens is 382 g/mol. The fraction of sp³-hybridized carbons (Fsp3) is 0.0833. The smallest absolute Gasteiger partial charge is 0.226 e. The Morgan fingerprint density at radius 1 is 0.931 bits per heavy atom. The molecule has 0 aliphatic carbocycles. The molecule has 3 aromatic carbocycles. The SMILES string of the molecule is O=C1C[C@H](c2cccc(Cl)c2)c2c(-c3ccccc3)nn(-c3ccccc3)c2N1. The van der Waals surface area contributed by atoms with E-state index in [-0.39, 0.29) is 11.8 Å². The fourth-order valence-electron chi connectivity index (χ4n) is 3.92. The molecule has 0 saturated heterocycles. The molecule has 4 nitrogen and oxygen atoms in total. The van der Waals surface area contributed by atoms with Crippen molar-refractivity contribution in [2.24, 2.45) is 0 Å². The lowest BCUT2D eigenvalue weighted by Crippen LogP contribution is -2.24. The van der Waals surface area contributed by atoms with Gasteiger partial charge in [-0.1, -0.05) is 72.3 Å². The van der Waals surface area contributed by atoms with E-state index in [1.165, 1.54) is 0 Å². The Hall–Kier alpha value is -3.37. The van der Waals surface area contributed by atoms with Crippen molar-refractivity contribution in [3.8, 4) is 16.9 Å². The molecule has 0 fully saturated rings. The molecule has 4 aromatic rings. The van der Waals surface area contributed by atoms with Crippen LogP contribution in [0.5, 0.6) is 0 Å². The Morgan fingerprint density at radius 3 is 2.38 bits per heavy atom. The molecule has 29 heavy (non-hydrogen) atoms. The van der Waals surface area contributed by atoms with Crippen molar-refractivity contribution in [2.45, 2.75) is 12.3 Å². The lowest BCUT2D eigenvalue weighted by atomic mass is 9.84. The normalized spacial score (nSPS) is 15.6. The third-order valence-corrected chi connectivity index (χ3v) is 5.45. The maximum absolute atomic E-state index is 12.6. The summed E-state index contributed by atoms with van der Waals surface area (Å²) in [7, 11) is 0. The molecule has 0 unspecified atom stereocenters. The summed E-state index contributed by atoms with van der Waals surface area (Å²) < 4.78 is 1.83. The zero-order chi connectivity index (χ0) is 19.8. The fourth-order valence-corrected chi connectivity index (χ4v) is 4.12. The van der Waals surface area contributed by atoms with Gasteiger partial charge in [-0.05, 0) is 29.8 Å². The summed E-state index contributed by atoms with van der Waals surface area (Å²) in [5, 5.41) is 8.65. The van der Waals surface area contributed by atoms with Gasteiger partial charge in [-0.3, -0.25) is 4.79 Å². The van der Waals surface area contributed by atoms with E-state index in [1.807, 2.05) is 89.6 Å².